The molecule has 0 bridgehead atoms. The van der Waals surface area contributed by atoms with Gasteiger partial charge in [0.15, 0.2) is 0 Å². The van der Waals surface area contributed by atoms with Crippen LogP contribution in [0.5, 0.6) is 0 Å². The zero-order valence-electron chi connectivity index (χ0n) is 15.3. The average molecular weight is 419 g/mol. The van der Waals surface area contributed by atoms with Gasteiger partial charge in [-0.25, -0.2) is 4.98 Å². The van der Waals surface area contributed by atoms with Crippen LogP contribution < -0.4 is 10.4 Å². The Morgan fingerprint density at radius 2 is 2.11 bits per heavy atom. The number of nitrogens with zero attached hydrogens (tertiary/aromatic N) is 2. The molecule has 1 aliphatic heterocycles. The van der Waals surface area contributed by atoms with Gasteiger partial charge in [-0.1, -0.05) is 23.2 Å². The van der Waals surface area contributed by atoms with Crippen molar-refractivity contribution < 1.29 is 9.63 Å². The molecule has 146 valence electrons. The number of carbonyl (C=O) groups excluding carboxylic acids is 1. The number of hydrogen-bond acceptors (Lipinski definition) is 4. The maximum absolute atomic E-state index is 12.7. The third-order valence-electron chi connectivity index (χ3n) is 4.70. The van der Waals surface area contributed by atoms with E-state index in [1.807, 2.05) is 19.1 Å². The number of hydroxylamine groups is 1. The third-order valence-corrected chi connectivity index (χ3v) is 5.24. The molecule has 0 radical (unpaired) electrons. The summed E-state index contributed by atoms with van der Waals surface area (Å²) < 4.78 is 0. The second-order valence-corrected chi connectivity index (χ2v) is 7.63. The Kier molecular flexibility index (Phi) is 5.44. The van der Waals surface area contributed by atoms with Crippen LogP contribution in [-0.4, -0.2) is 29.0 Å². The molecule has 2 N–H and O–H groups in total. The average Bonchev–Trinajstić information content (AvgIpc) is 3.12. The highest BCUT2D eigenvalue weighted by Crippen LogP contribution is 2.29. The zero-order chi connectivity index (χ0) is 19.7. The first-order chi connectivity index (χ1) is 13.5. The molecule has 1 atom stereocenters. The van der Waals surface area contributed by atoms with Crippen LogP contribution in [0.2, 0.25) is 10.0 Å². The Morgan fingerprint density at radius 3 is 2.86 bits per heavy atom. The second-order valence-electron chi connectivity index (χ2n) is 6.79. The zero-order valence-corrected chi connectivity index (χ0v) is 16.8. The number of imidazole rings is 1. The van der Waals surface area contributed by atoms with Gasteiger partial charge in [0.1, 0.15) is 5.82 Å². The van der Waals surface area contributed by atoms with Gasteiger partial charge in [0.25, 0.3) is 5.91 Å². The first kappa shape index (κ1) is 19.1. The second kappa shape index (κ2) is 7.99. The number of anilines is 1. The Labute approximate surface area is 172 Å². The molecule has 4 rings (SSSR count). The van der Waals surface area contributed by atoms with Gasteiger partial charge in [-0.05, 0) is 56.2 Å². The molecule has 8 heteroatoms. The Hall–Kier alpha value is -2.28. The summed E-state index contributed by atoms with van der Waals surface area (Å²) in [6.07, 6.45) is 2.10. The first-order valence-corrected chi connectivity index (χ1v) is 9.93. The minimum absolute atomic E-state index is 0.223. The minimum Gasteiger partial charge on any atom is -0.342 e. The van der Waals surface area contributed by atoms with E-state index >= 15 is 0 Å². The highest BCUT2D eigenvalue weighted by molar-refractivity contribution is 6.33. The molecule has 0 unspecified atom stereocenters. The van der Waals surface area contributed by atoms with Crippen LogP contribution in [-0.2, 0) is 4.84 Å². The van der Waals surface area contributed by atoms with Gasteiger partial charge in [0.2, 0.25) is 0 Å². The SMILES string of the molecule is C[C@H](NC(=O)c1ccc(N2CCCCO2)c(Cl)c1)c1nc2cc(Cl)ccc2[nH]1. The lowest BCUT2D eigenvalue weighted by Gasteiger charge is -2.28. The summed E-state index contributed by atoms with van der Waals surface area (Å²) in [6, 6.07) is 10.4. The minimum atomic E-state index is -0.303. The van der Waals surface area contributed by atoms with E-state index in [9.17, 15) is 4.79 Å². The molecule has 0 spiro atoms. The molecule has 6 nitrogen and oxygen atoms in total. The number of aromatic nitrogens is 2. The topological polar surface area (TPSA) is 70.2 Å². The van der Waals surface area contributed by atoms with Crippen molar-refractivity contribution in [3.05, 3.63) is 57.8 Å². The molecule has 3 aromatic rings. The van der Waals surface area contributed by atoms with Crippen molar-refractivity contribution in [3.63, 3.8) is 0 Å². The maximum Gasteiger partial charge on any atom is 0.251 e. The number of H-pyrrole nitrogens is 1. The summed E-state index contributed by atoms with van der Waals surface area (Å²) in [7, 11) is 0. The van der Waals surface area contributed by atoms with Crippen molar-refractivity contribution in [1.29, 1.82) is 0 Å². The van der Waals surface area contributed by atoms with Crippen molar-refractivity contribution >= 4 is 45.8 Å². The summed E-state index contributed by atoms with van der Waals surface area (Å²) in [4.78, 5) is 26.0. The number of hydrogen-bond donors (Lipinski definition) is 2. The number of amides is 1. The van der Waals surface area contributed by atoms with E-state index in [2.05, 4.69) is 15.3 Å². The summed E-state index contributed by atoms with van der Waals surface area (Å²) in [6.45, 7) is 3.34. The molecule has 0 saturated carbocycles. The lowest BCUT2D eigenvalue weighted by molar-refractivity contribution is 0.0778. The first-order valence-electron chi connectivity index (χ1n) is 9.17. The van der Waals surface area contributed by atoms with Crippen LogP contribution in [0.25, 0.3) is 11.0 Å². The lowest BCUT2D eigenvalue weighted by atomic mass is 10.1. The fourth-order valence-electron chi connectivity index (χ4n) is 3.19. The van der Waals surface area contributed by atoms with E-state index < -0.39 is 0 Å². The van der Waals surface area contributed by atoms with E-state index in [-0.39, 0.29) is 11.9 Å². The van der Waals surface area contributed by atoms with Crippen LogP contribution in [0, 0.1) is 0 Å². The van der Waals surface area contributed by atoms with E-state index in [0.717, 1.165) is 36.1 Å². The number of aromatic amines is 1. The van der Waals surface area contributed by atoms with Crippen molar-refractivity contribution in [2.24, 2.45) is 0 Å². The Morgan fingerprint density at radius 1 is 1.25 bits per heavy atom. The summed E-state index contributed by atoms with van der Waals surface area (Å²) in [5, 5.41) is 5.84. The molecule has 2 heterocycles. The van der Waals surface area contributed by atoms with Crippen molar-refractivity contribution in [3.8, 4) is 0 Å². The van der Waals surface area contributed by atoms with Gasteiger partial charge < -0.3 is 10.3 Å². The van der Waals surface area contributed by atoms with Crippen LogP contribution in [0.1, 0.15) is 42.0 Å². The molecule has 1 aliphatic rings. The Bertz CT molecular complexity index is 1010. The number of fused-ring (bicyclic) bond motifs is 1. The van der Waals surface area contributed by atoms with Crippen LogP contribution in [0.15, 0.2) is 36.4 Å². The predicted octanol–water partition coefficient (Wildman–Crippen LogP) is 4.89. The molecule has 1 saturated heterocycles. The molecule has 0 aliphatic carbocycles. The van der Waals surface area contributed by atoms with E-state index in [1.165, 1.54) is 0 Å². The van der Waals surface area contributed by atoms with Crippen molar-refractivity contribution in [2.75, 3.05) is 18.2 Å². The van der Waals surface area contributed by atoms with Gasteiger partial charge >= 0.3 is 0 Å². The number of carbonyl (C=O) groups is 1. The van der Waals surface area contributed by atoms with Gasteiger partial charge in [-0.2, -0.15) is 0 Å². The van der Waals surface area contributed by atoms with Gasteiger partial charge in [-0.3, -0.25) is 14.7 Å². The van der Waals surface area contributed by atoms with Gasteiger partial charge in [0.05, 0.1) is 34.4 Å². The smallest absolute Gasteiger partial charge is 0.251 e. The molecule has 1 amide bonds. The molecule has 2 aromatic carbocycles. The maximum atomic E-state index is 12.7. The highest BCUT2D eigenvalue weighted by atomic mass is 35.5. The Balaban J connectivity index is 1.48. The fourth-order valence-corrected chi connectivity index (χ4v) is 3.63. The molecule has 28 heavy (non-hydrogen) atoms. The van der Waals surface area contributed by atoms with Gasteiger partial charge in [-0.15, -0.1) is 0 Å². The number of nitrogens with one attached hydrogen (secondary N) is 2. The van der Waals surface area contributed by atoms with Crippen LogP contribution in [0.4, 0.5) is 5.69 Å². The number of halogens is 2. The molecule has 1 aromatic heterocycles. The largest absolute Gasteiger partial charge is 0.342 e. The summed E-state index contributed by atoms with van der Waals surface area (Å²) in [5.74, 6) is 0.439. The van der Waals surface area contributed by atoms with Crippen LogP contribution in [0.3, 0.4) is 0 Å². The third kappa shape index (κ3) is 3.94. The molecular formula is C20H20Cl2N4O2. The van der Waals surface area contributed by atoms with Gasteiger partial charge in [0, 0.05) is 17.1 Å². The van der Waals surface area contributed by atoms with Crippen LogP contribution >= 0.6 is 23.2 Å². The van der Waals surface area contributed by atoms with E-state index in [0.29, 0.717) is 28.0 Å². The van der Waals surface area contributed by atoms with Crippen molar-refractivity contribution in [2.45, 2.75) is 25.8 Å². The standard InChI is InChI=1S/C20H20Cl2N4O2/c1-12(19-24-16-6-5-14(21)11-17(16)25-19)23-20(27)13-4-7-18(15(22)10-13)26-8-2-3-9-28-26/h4-7,10-12H,2-3,8-9H2,1H3,(H,23,27)(H,24,25)/t12-/m0/s1. The lowest BCUT2D eigenvalue weighted by Crippen LogP contribution is -2.30. The van der Waals surface area contributed by atoms with E-state index in [1.54, 1.807) is 29.3 Å². The highest BCUT2D eigenvalue weighted by Gasteiger charge is 2.19. The van der Waals surface area contributed by atoms with E-state index in [4.69, 9.17) is 28.0 Å². The monoisotopic (exact) mass is 418 g/mol. The quantitative estimate of drug-likeness (QED) is 0.632. The van der Waals surface area contributed by atoms with Crippen molar-refractivity contribution in [1.82, 2.24) is 15.3 Å². The summed E-state index contributed by atoms with van der Waals surface area (Å²) in [5.41, 5.74) is 2.89. The molecule has 1 fully saturated rings. The normalized spacial score (nSPS) is 15.6. The molecular weight excluding hydrogens is 399 g/mol. The number of benzene rings is 2. The summed E-state index contributed by atoms with van der Waals surface area (Å²) >= 11 is 12.4. The number of rotatable bonds is 4. The fraction of sp³-hybridized carbons (Fsp3) is 0.300. The predicted molar refractivity (Wildman–Crippen MR) is 111 cm³/mol.